The maximum atomic E-state index is 12.9. The van der Waals surface area contributed by atoms with E-state index in [0.29, 0.717) is 34.8 Å². The summed E-state index contributed by atoms with van der Waals surface area (Å²) in [5, 5.41) is 23.5. The maximum absolute atomic E-state index is 12.9. The Morgan fingerprint density at radius 1 is 0.951 bits per heavy atom. The number of para-hydroxylation sites is 1. The predicted molar refractivity (Wildman–Crippen MR) is 156 cm³/mol. The van der Waals surface area contributed by atoms with Crippen LogP contribution in [0, 0.1) is 6.92 Å². The second-order valence-corrected chi connectivity index (χ2v) is 13.3. The molecule has 5 rings (SSSR count). The molecular weight excluding hydrogens is 585 g/mol. The number of hydrogen-bond donors (Lipinski definition) is 2. The molecule has 1 fully saturated rings. The highest BCUT2D eigenvalue weighted by Gasteiger charge is 2.26. The Morgan fingerprint density at radius 3 is 2.37 bits per heavy atom. The van der Waals surface area contributed by atoms with Gasteiger partial charge in [0, 0.05) is 24.3 Å². The summed E-state index contributed by atoms with van der Waals surface area (Å²) in [4.78, 5) is 25.6. The molecule has 1 saturated heterocycles. The molecule has 12 nitrogen and oxygen atoms in total. The lowest BCUT2D eigenvalue weighted by Crippen LogP contribution is -2.35. The van der Waals surface area contributed by atoms with Crippen LogP contribution < -0.4 is 10.6 Å². The average molecular weight is 613 g/mol. The van der Waals surface area contributed by atoms with Gasteiger partial charge in [0.15, 0.2) is 11.0 Å². The molecule has 214 valence electrons. The quantitative estimate of drug-likeness (QED) is 0.257. The molecule has 0 radical (unpaired) electrons. The summed E-state index contributed by atoms with van der Waals surface area (Å²) in [7, 11) is -3.58. The molecule has 0 spiro atoms. The van der Waals surface area contributed by atoms with Gasteiger partial charge in [-0.15, -0.1) is 20.4 Å². The van der Waals surface area contributed by atoms with Crippen LogP contribution in [0.1, 0.15) is 40.5 Å². The third kappa shape index (κ3) is 6.98. The molecule has 0 atom stereocenters. The van der Waals surface area contributed by atoms with E-state index in [2.05, 4.69) is 31.0 Å². The monoisotopic (exact) mass is 612 g/mol. The fourth-order valence-corrected chi connectivity index (χ4v) is 7.17. The highest BCUT2D eigenvalue weighted by molar-refractivity contribution is 7.99. The predicted octanol–water partition coefficient (Wildman–Crippen LogP) is 3.26. The van der Waals surface area contributed by atoms with Crippen LogP contribution in [0.15, 0.2) is 64.6 Å². The lowest BCUT2D eigenvalue weighted by atomic mass is 10.2. The lowest BCUT2D eigenvalue weighted by molar-refractivity contribution is -0.113. The molecule has 2 aromatic carbocycles. The Bertz CT molecular complexity index is 1620. The van der Waals surface area contributed by atoms with Crippen molar-refractivity contribution in [2.75, 3.05) is 24.2 Å². The number of rotatable bonds is 10. The van der Waals surface area contributed by atoms with Crippen LogP contribution in [0.25, 0.3) is 5.69 Å². The summed E-state index contributed by atoms with van der Waals surface area (Å²) in [5.41, 5.74) is 1.10. The first-order valence-electron chi connectivity index (χ1n) is 12.9. The van der Waals surface area contributed by atoms with Gasteiger partial charge in [-0.2, -0.15) is 4.31 Å². The summed E-state index contributed by atoms with van der Waals surface area (Å²) >= 11 is 2.49. The third-order valence-electron chi connectivity index (χ3n) is 6.30. The molecule has 1 aliphatic heterocycles. The smallest absolute Gasteiger partial charge is 0.251 e. The van der Waals surface area contributed by atoms with Gasteiger partial charge in [-0.3, -0.25) is 19.5 Å². The first-order chi connectivity index (χ1) is 19.8. The highest BCUT2D eigenvalue weighted by atomic mass is 32.2. The van der Waals surface area contributed by atoms with E-state index in [0.717, 1.165) is 30.0 Å². The minimum Gasteiger partial charge on any atom is -0.345 e. The summed E-state index contributed by atoms with van der Waals surface area (Å²) in [5.74, 6) is -0.0934. The molecular formula is C26H28N8O4S3. The number of anilines is 1. The number of carbonyl (C=O) groups is 2. The number of benzene rings is 2. The number of aromatic nitrogens is 5. The minimum absolute atomic E-state index is 0.0609. The number of thioether (sulfide) groups is 1. The second-order valence-electron chi connectivity index (χ2n) is 9.20. The number of sulfonamides is 1. The van der Waals surface area contributed by atoms with E-state index in [1.165, 1.54) is 51.7 Å². The molecule has 0 unspecified atom stereocenters. The van der Waals surface area contributed by atoms with Crippen molar-refractivity contribution in [3.05, 3.63) is 71.0 Å². The van der Waals surface area contributed by atoms with E-state index >= 15 is 0 Å². The van der Waals surface area contributed by atoms with Crippen molar-refractivity contribution in [3.8, 4) is 5.69 Å². The zero-order chi connectivity index (χ0) is 28.8. The Kier molecular flexibility index (Phi) is 9.07. The zero-order valence-electron chi connectivity index (χ0n) is 22.2. The van der Waals surface area contributed by atoms with Gasteiger partial charge in [0.1, 0.15) is 5.01 Å². The van der Waals surface area contributed by atoms with Crippen molar-refractivity contribution in [2.24, 2.45) is 0 Å². The number of carbonyl (C=O) groups excluding carboxylic acids is 2. The molecule has 0 aliphatic carbocycles. The Hall–Kier alpha value is -3.66. The van der Waals surface area contributed by atoms with E-state index in [9.17, 15) is 18.0 Å². The number of piperidine rings is 1. The number of aryl methyl sites for hydroxylation is 1. The first-order valence-corrected chi connectivity index (χ1v) is 16.2. The highest BCUT2D eigenvalue weighted by Crippen LogP contribution is 2.24. The molecule has 2 aromatic heterocycles. The Balaban J connectivity index is 1.25. The molecule has 4 aromatic rings. The SMILES string of the molecule is Cc1nnc(NC(=O)CSc2nnc(CNC(=O)c3ccc(S(=O)(=O)N4CCCCC4)cc3)n2-c2ccccc2)s1. The summed E-state index contributed by atoms with van der Waals surface area (Å²) in [6, 6.07) is 15.3. The molecule has 41 heavy (non-hydrogen) atoms. The van der Waals surface area contributed by atoms with Gasteiger partial charge in [0.2, 0.25) is 21.1 Å². The number of nitrogens with zero attached hydrogens (tertiary/aromatic N) is 6. The molecule has 0 bridgehead atoms. The Morgan fingerprint density at radius 2 is 1.68 bits per heavy atom. The second kappa shape index (κ2) is 12.9. The fraction of sp³-hybridized carbons (Fsp3) is 0.308. The van der Waals surface area contributed by atoms with Crippen LogP contribution >= 0.6 is 23.1 Å². The fourth-order valence-electron chi connectivity index (χ4n) is 4.27. The minimum atomic E-state index is -3.58. The van der Waals surface area contributed by atoms with Gasteiger partial charge < -0.3 is 5.32 Å². The third-order valence-corrected chi connectivity index (χ3v) is 9.89. The number of hydrogen-bond acceptors (Lipinski definition) is 10. The van der Waals surface area contributed by atoms with Crippen molar-refractivity contribution in [1.82, 2.24) is 34.6 Å². The lowest BCUT2D eigenvalue weighted by Gasteiger charge is -2.25. The van der Waals surface area contributed by atoms with E-state index < -0.39 is 10.0 Å². The number of nitrogens with one attached hydrogen (secondary N) is 2. The molecule has 2 amide bonds. The van der Waals surface area contributed by atoms with E-state index in [-0.39, 0.29) is 29.0 Å². The van der Waals surface area contributed by atoms with Gasteiger partial charge >= 0.3 is 0 Å². The molecule has 3 heterocycles. The number of amides is 2. The van der Waals surface area contributed by atoms with Crippen LogP contribution in [-0.4, -0.2) is 68.3 Å². The van der Waals surface area contributed by atoms with Gasteiger partial charge in [-0.1, -0.05) is 47.7 Å². The van der Waals surface area contributed by atoms with E-state index in [4.69, 9.17) is 0 Å². The summed E-state index contributed by atoms with van der Waals surface area (Å²) < 4.78 is 29.1. The molecule has 15 heteroatoms. The summed E-state index contributed by atoms with van der Waals surface area (Å²) in [6.07, 6.45) is 2.74. The largest absolute Gasteiger partial charge is 0.345 e. The zero-order valence-corrected chi connectivity index (χ0v) is 24.6. The molecule has 2 N–H and O–H groups in total. The van der Waals surface area contributed by atoms with Gasteiger partial charge in [0.25, 0.3) is 5.91 Å². The maximum Gasteiger partial charge on any atom is 0.251 e. The van der Waals surface area contributed by atoms with Crippen LogP contribution in [-0.2, 0) is 21.4 Å². The van der Waals surface area contributed by atoms with Crippen LogP contribution in [0.3, 0.4) is 0 Å². The standard InChI is InChI=1S/C26H28N8O4S3/c1-18-29-31-25(40-18)28-23(35)17-39-26-32-30-22(34(26)20-8-4-2-5-9-20)16-27-24(36)19-10-12-21(13-11-19)41(37,38)33-14-6-3-7-15-33/h2,4-5,8-13H,3,6-7,14-17H2,1H3,(H,27,36)(H,28,31,35). The van der Waals surface area contributed by atoms with Crippen LogP contribution in [0.2, 0.25) is 0 Å². The van der Waals surface area contributed by atoms with Crippen LogP contribution in [0.5, 0.6) is 0 Å². The van der Waals surface area contributed by atoms with Crippen molar-refractivity contribution < 1.29 is 18.0 Å². The van der Waals surface area contributed by atoms with Crippen molar-refractivity contribution in [2.45, 2.75) is 42.8 Å². The van der Waals surface area contributed by atoms with Crippen molar-refractivity contribution in [1.29, 1.82) is 0 Å². The van der Waals surface area contributed by atoms with Crippen LogP contribution in [0.4, 0.5) is 5.13 Å². The molecule has 0 saturated carbocycles. The normalized spacial score (nSPS) is 14.1. The first kappa shape index (κ1) is 28.9. The Labute approximate surface area is 245 Å². The van der Waals surface area contributed by atoms with Crippen molar-refractivity contribution >= 4 is 50.1 Å². The van der Waals surface area contributed by atoms with E-state index in [1.807, 2.05) is 30.3 Å². The van der Waals surface area contributed by atoms with E-state index in [1.54, 1.807) is 11.5 Å². The average Bonchev–Trinajstić information content (AvgIpc) is 3.60. The van der Waals surface area contributed by atoms with Gasteiger partial charge in [-0.05, 0) is 56.2 Å². The van der Waals surface area contributed by atoms with Gasteiger partial charge in [0.05, 0.1) is 17.2 Å². The molecule has 1 aliphatic rings. The topological polar surface area (TPSA) is 152 Å². The van der Waals surface area contributed by atoms with Gasteiger partial charge in [-0.25, -0.2) is 8.42 Å². The summed E-state index contributed by atoms with van der Waals surface area (Å²) in [6.45, 7) is 2.90. The van der Waals surface area contributed by atoms with Crippen molar-refractivity contribution in [3.63, 3.8) is 0 Å².